The third-order valence-electron chi connectivity index (χ3n) is 3.34. The van der Waals surface area contributed by atoms with Gasteiger partial charge in [-0.2, -0.15) is 0 Å². The van der Waals surface area contributed by atoms with Crippen LogP contribution < -0.4 is 4.74 Å². The number of hydrogen-bond donors (Lipinski definition) is 1. The quantitative estimate of drug-likeness (QED) is 0.882. The number of ether oxygens (including phenoxy) is 1. The van der Waals surface area contributed by atoms with Crippen LogP contribution >= 0.6 is 0 Å². The number of carbonyl (C=O) groups is 1. The number of carboxylic acids is 1. The molecule has 0 radical (unpaired) electrons. The first-order chi connectivity index (χ1) is 9.79. The molecule has 0 aliphatic rings. The summed E-state index contributed by atoms with van der Waals surface area (Å²) >= 11 is 0. The Morgan fingerprint density at radius 1 is 1.05 bits per heavy atom. The van der Waals surface area contributed by atoms with Crippen molar-refractivity contribution in [3.63, 3.8) is 0 Å². The summed E-state index contributed by atoms with van der Waals surface area (Å²) in [5, 5.41) is 8.92. The molecule has 0 fully saturated rings. The van der Waals surface area contributed by atoms with E-state index in [2.05, 4.69) is 26.8 Å². The van der Waals surface area contributed by atoms with E-state index >= 15 is 0 Å². The molecule has 1 N–H and O–H groups in total. The maximum Gasteiger partial charge on any atom is 0.335 e. The van der Waals surface area contributed by atoms with E-state index < -0.39 is 5.97 Å². The number of aryl methyl sites for hydroxylation is 1. The smallest absolute Gasteiger partial charge is 0.335 e. The average molecular weight is 284 g/mol. The minimum absolute atomic E-state index is 0.0254. The van der Waals surface area contributed by atoms with Crippen molar-refractivity contribution in [1.82, 2.24) is 0 Å². The van der Waals surface area contributed by atoms with Crippen LogP contribution in [0.25, 0.3) is 0 Å². The zero-order valence-corrected chi connectivity index (χ0v) is 12.8. The Balaban J connectivity index is 2.37. The van der Waals surface area contributed by atoms with Crippen LogP contribution in [0.15, 0.2) is 42.5 Å². The molecule has 0 amide bonds. The molecule has 0 heterocycles. The van der Waals surface area contributed by atoms with Crippen LogP contribution in [0.2, 0.25) is 0 Å². The predicted octanol–water partition coefficient (Wildman–Crippen LogP) is 4.78. The molecular formula is C18H20O3. The fourth-order valence-electron chi connectivity index (χ4n) is 2.16. The van der Waals surface area contributed by atoms with Crippen molar-refractivity contribution < 1.29 is 14.6 Å². The van der Waals surface area contributed by atoms with E-state index in [4.69, 9.17) is 9.84 Å². The van der Waals surface area contributed by atoms with E-state index in [1.54, 1.807) is 24.3 Å². The highest BCUT2D eigenvalue weighted by Crippen LogP contribution is 2.36. The van der Waals surface area contributed by atoms with E-state index in [0.717, 1.165) is 16.9 Å². The van der Waals surface area contributed by atoms with Gasteiger partial charge in [-0.1, -0.05) is 39.0 Å². The van der Waals surface area contributed by atoms with E-state index in [1.165, 1.54) is 0 Å². The summed E-state index contributed by atoms with van der Waals surface area (Å²) < 4.78 is 6.01. The highest BCUT2D eigenvalue weighted by Gasteiger charge is 2.20. The number of benzene rings is 2. The Hall–Kier alpha value is -2.29. The average Bonchev–Trinajstić information content (AvgIpc) is 2.40. The van der Waals surface area contributed by atoms with Gasteiger partial charge in [-0.15, -0.1) is 0 Å². The summed E-state index contributed by atoms with van der Waals surface area (Å²) in [5.41, 5.74) is 2.42. The van der Waals surface area contributed by atoms with Gasteiger partial charge in [0, 0.05) is 5.56 Å². The number of rotatable bonds is 3. The topological polar surface area (TPSA) is 46.5 Å². The Morgan fingerprint density at radius 3 is 2.19 bits per heavy atom. The van der Waals surface area contributed by atoms with Crippen LogP contribution in [0.1, 0.15) is 42.3 Å². The number of para-hydroxylation sites is 1. The molecule has 110 valence electrons. The van der Waals surface area contributed by atoms with E-state index in [1.807, 2.05) is 19.1 Å². The summed E-state index contributed by atoms with van der Waals surface area (Å²) in [6.45, 7) is 8.43. The van der Waals surface area contributed by atoms with Gasteiger partial charge in [0.1, 0.15) is 11.5 Å². The zero-order chi connectivity index (χ0) is 15.6. The van der Waals surface area contributed by atoms with Crippen LogP contribution in [-0.2, 0) is 5.41 Å². The molecule has 0 bridgehead atoms. The molecular weight excluding hydrogens is 264 g/mol. The monoisotopic (exact) mass is 284 g/mol. The van der Waals surface area contributed by atoms with Crippen molar-refractivity contribution in [2.45, 2.75) is 33.1 Å². The minimum Gasteiger partial charge on any atom is -0.478 e. The van der Waals surface area contributed by atoms with E-state index in [-0.39, 0.29) is 11.0 Å². The maximum atomic E-state index is 10.9. The predicted molar refractivity (Wildman–Crippen MR) is 83.4 cm³/mol. The van der Waals surface area contributed by atoms with Crippen molar-refractivity contribution in [1.29, 1.82) is 0 Å². The molecule has 3 nitrogen and oxygen atoms in total. The Kier molecular flexibility index (Phi) is 4.03. The van der Waals surface area contributed by atoms with E-state index in [0.29, 0.717) is 5.75 Å². The minimum atomic E-state index is -0.937. The highest BCUT2D eigenvalue weighted by atomic mass is 16.5. The lowest BCUT2D eigenvalue weighted by Gasteiger charge is -2.24. The second-order valence-corrected chi connectivity index (χ2v) is 6.13. The molecule has 0 aliphatic carbocycles. The Labute approximate surface area is 125 Å². The molecule has 0 saturated carbocycles. The summed E-state index contributed by atoms with van der Waals surface area (Å²) in [4.78, 5) is 10.9. The van der Waals surface area contributed by atoms with Gasteiger partial charge in [0.25, 0.3) is 0 Å². The largest absolute Gasteiger partial charge is 0.478 e. The molecule has 0 spiro atoms. The first-order valence-electron chi connectivity index (χ1n) is 6.90. The molecule has 0 unspecified atom stereocenters. The summed E-state index contributed by atoms with van der Waals surface area (Å²) in [5.74, 6) is 0.542. The Morgan fingerprint density at radius 2 is 1.67 bits per heavy atom. The zero-order valence-electron chi connectivity index (χ0n) is 12.8. The lowest BCUT2D eigenvalue weighted by molar-refractivity contribution is 0.0697. The van der Waals surface area contributed by atoms with Gasteiger partial charge >= 0.3 is 5.97 Å². The van der Waals surface area contributed by atoms with Crippen LogP contribution in [0.4, 0.5) is 0 Å². The number of aromatic carboxylic acids is 1. The second-order valence-electron chi connectivity index (χ2n) is 6.13. The molecule has 2 rings (SSSR count). The van der Waals surface area contributed by atoms with Crippen molar-refractivity contribution in [3.8, 4) is 11.5 Å². The van der Waals surface area contributed by atoms with Gasteiger partial charge in [0.05, 0.1) is 5.56 Å². The van der Waals surface area contributed by atoms with Gasteiger partial charge in [-0.3, -0.25) is 0 Å². The third-order valence-corrected chi connectivity index (χ3v) is 3.34. The van der Waals surface area contributed by atoms with Crippen LogP contribution in [0, 0.1) is 6.92 Å². The van der Waals surface area contributed by atoms with Crippen LogP contribution in [-0.4, -0.2) is 11.1 Å². The lowest BCUT2D eigenvalue weighted by Crippen LogP contribution is -2.13. The van der Waals surface area contributed by atoms with Gasteiger partial charge in [0.2, 0.25) is 0 Å². The molecule has 0 aromatic heterocycles. The van der Waals surface area contributed by atoms with Crippen LogP contribution in [0.5, 0.6) is 11.5 Å². The third kappa shape index (κ3) is 3.43. The van der Waals surface area contributed by atoms with Gasteiger partial charge < -0.3 is 9.84 Å². The maximum absolute atomic E-state index is 10.9. The molecule has 0 atom stereocenters. The molecule has 0 saturated heterocycles. The number of carboxylic acid groups (broad SMARTS) is 1. The van der Waals surface area contributed by atoms with Gasteiger partial charge in [0.15, 0.2) is 0 Å². The van der Waals surface area contributed by atoms with E-state index in [9.17, 15) is 4.79 Å². The molecule has 21 heavy (non-hydrogen) atoms. The van der Waals surface area contributed by atoms with Crippen molar-refractivity contribution in [2.24, 2.45) is 0 Å². The number of hydrogen-bond acceptors (Lipinski definition) is 2. The molecule has 0 aliphatic heterocycles. The fourth-order valence-corrected chi connectivity index (χ4v) is 2.16. The van der Waals surface area contributed by atoms with Gasteiger partial charge in [-0.05, 0) is 42.2 Å². The molecule has 3 heteroatoms. The van der Waals surface area contributed by atoms with Crippen LogP contribution in [0.3, 0.4) is 0 Å². The highest BCUT2D eigenvalue weighted by molar-refractivity contribution is 5.87. The SMILES string of the molecule is Cc1cccc(C(C)(C)C)c1Oc1ccc(C(=O)O)cc1. The lowest BCUT2D eigenvalue weighted by atomic mass is 9.85. The fraction of sp³-hybridized carbons (Fsp3) is 0.278. The van der Waals surface area contributed by atoms with Crippen molar-refractivity contribution in [3.05, 3.63) is 59.2 Å². The molecule has 2 aromatic carbocycles. The standard InChI is InChI=1S/C18H20O3/c1-12-6-5-7-15(18(2,3)4)16(12)21-14-10-8-13(9-11-14)17(19)20/h5-11H,1-4H3,(H,19,20). The normalized spacial score (nSPS) is 11.2. The van der Waals surface area contributed by atoms with Crippen molar-refractivity contribution in [2.75, 3.05) is 0 Å². The van der Waals surface area contributed by atoms with Crippen molar-refractivity contribution >= 4 is 5.97 Å². The summed E-state index contributed by atoms with van der Waals surface area (Å²) in [6.07, 6.45) is 0. The Bertz CT molecular complexity index is 649. The second kappa shape index (κ2) is 5.60. The first kappa shape index (κ1) is 15.1. The van der Waals surface area contributed by atoms with Gasteiger partial charge in [-0.25, -0.2) is 4.79 Å². The summed E-state index contributed by atoms with van der Waals surface area (Å²) in [6, 6.07) is 12.6. The summed E-state index contributed by atoms with van der Waals surface area (Å²) in [7, 11) is 0. The first-order valence-corrected chi connectivity index (χ1v) is 6.90. The molecule has 2 aromatic rings.